The Morgan fingerprint density at radius 2 is 1.74 bits per heavy atom. The normalized spacial score (nSPS) is 13.4. The van der Waals surface area contributed by atoms with Crippen LogP contribution in [0.25, 0.3) is 0 Å². The third-order valence-corrected chi connectivity index (χ3v) is 4.63. The molecular formula is C21H20N4O6. The number of carbonyl (C=O) groups is 5. The number of esters is 1. The van der Waals surface area contributed by atoms with Crippen molar-refractivity contribution in [2.24, 2.45) is 0 Å². The van der Waals surface area contributed by atoms with Crippen molar-refractivity contribution < 1.29 is 28.7 Å². The smallest absolute Gasteiger partial charge is 0.325 e. The Bertz CT molecular complexity index is 989. The number of nitrogens with one attached hydrogen (secondary N) is 2. The topological polar surface area (TPSA) is 135 Å². The van der Waals surface area contributed by atoms with Crippen LogP contribution in [0.15, 0.2) is 48.8 Å². The van der Waals surface area contributed by atoms with Crippen molar-refractivity contribution in [3.8, 4) is 0 Å². The van der Waals surface area contributed by atoms with Crippen LogP contribution < -0.4 is 10.6 Å². The molecule has 1 aromatic carbocycles. The number of imide groups is 1. The Morgan fingerprint density at radius 3 is 2.32 bits per heavy atom. The number of nitrogens with zero attached hydrogens (tertiary/aromatic N) is 2. The van der Waals surface area contributed by atoms with E-state index in [-0.39, 0.29) is 24.1 Å². The molecule has 0 bridgehead atoms. The Labute approximate surface area is 177 Å². The van der Waals surface area contributed by atoms with Gasteiger partial charge in [0.15, 0.2) is 0 Å². The SMILES string of the molecule is COC(=O)CNC(=O)C(Cc1cccnc1)NC(=O)CN1C(=O)c2ccccc2C1=O. The van der Waals surface area contributed by atoms with Crippen LogP contribution in [-0.4, -0.2) is 65.7 Å². The standard InChI is InChI=1S/C21H20N4O6/c1-31-18(27)11-23-19(28)16(9-13-5-4-8-22-10-13)24-17(26)12-25-20(29)14-6-2-3-7-15(14)21(25)30/h2-8,10,16H,9,11-12H2,1H3,(H,23,28)(H,24,26). The Hall–Kier alpha value is -4.08. The molecule has 0 saturated heterocycles. The minimum Gasteiger partial charge on any atom is -0.468 e. The fraction of sp³-hybridized carbons (Fsp3) is 0.238. The minimum absolute atomic E-state index is 0.0920. The van der Waals surface area contributed by atoms with Gasteiger partial charge in [-0.05, 0) is 23.8 Å². The van der Waals surface area contributed by atoms with E-state index in [0.29, 0.717) is 5.56 Å². The summed E-state index contributed by atoms with van der Waals surface area (Å²) in [5.74, 6) is -3.11. The number of carbonyl (C=O) groups excluding carboxylic acids is 5. The number of methoxy groups -OCH3 is 1. The van der Waals surface area contributed by atoms with E-state index in [1.54, 1.807) is 30.5 Å². The lowest BCUT2D eigenvalue weighted by Crippen LogP contribution is -2.51. The lowest BCUT2D eigenvalue weighted by atomic mass is 10.1. The molecule has 160 valence electrons. The van der Waals surface area contributed by atoms with Crippen LogP contribution in [-0.2, 0) is 25.5 Å². The summed E-state index contributed by atoms with van der Waals surface area (Å²) in [6.07, 6.45) is 3.20. The molecule has 2 aromatic rings. The van der Waals surface area contributed by atoms with Crippen LogP contribution >= 0.6 is 0 Å². The minimum atomic E-state index is -1.06. The van der Waals surface area contributed by atoms with Gasteiger partial charge in [0.2, 0.25) is 11.8 Å². The van der Waals surface area contributed by atoms with Gasteiger partial charge in [-0.2, -0.15) is 0 Å². The number of pyridine rings is 1. The number of hydrogen-bond donors (Lipinski definition) is 2. The molecule has 1 aliphatic heterocycles. The number of aromatic nitrogens is 1. The molecule has 0 saturated carbocycles. The first-order valence-corrected chi connectivity index (χ1v) is 9.38. The summed E-state index contributed by atoms with van der Waals surface area (Å²) in [6, 6.07) is 8.63. The largest absolute Gasteiger partial charge is 0.468 e. The molecule has 1 atom stereocenters. The van der Waals surface area contributed by atoms with E-state index in [1.807, 2.05) is 0 Å². The van der Waals surface area contributed by atoms with Crippen molar-refractivity contribution in [3.63, 3.8) is 0 Å². The second kappa shape index (κ2) is 9.61. The lowest BCUT2D eigenvalue weighted by molar-refractivity contribution is -0.141. The van der Waals surface area contributed by atoms with E-state index < -0.39 is 42.2 Å². The summed E-state index contributed by atoms with van der Waals surface area (Å²) in [6.45, 7) is -0.909. The van der Waals surface area contributed by atoms with Crippen LogP contribution in [0.5, 0.6) is 0 Å². The molecule has 31 heavy (non-hydrogen) atoms. The monoisotopic (exact) mass is 424 g/mol. The van der Waals surface area contributed by atoms with Gasteiger partial charge >= 0.3 is 5.97 Å². The van der Waals surface area contributed by atoms with E-state index in [9.17, 15) is 24.0 Å². The van der Waals surface area contributed by atoms with Crippen LogP contribution in [0.3, 0.4) is 0 Å². The van der Waals surface area contributed by atoms with Crippen molar-refractivity contribution >= 4 is 29.6 Å². The van der Waals surface area contributed by atoms with E-state index in [4.69, 9.17) is 0 Å². The summed E-state index contributed by atoms with van der Waals surface area (Å²) < 4.78 is 4.49. The first-order valence-electron chi connectivity index (χ1n) is 9.38. The third-order valence-electron chi connectivity index (χ3n) is 4.63. The van der Waals surface area contributed by atoms with Gasteiger partial charge < -0.3 is 15.4 Å². The van der Waals surface area contributed by atoms with Gasteiger partial charge in [-0.25, -0.2) is 0 Å². The highest BCUT2D eigenvalue weighted by atomic mass is 16.5. The number of hydrogen-bond acceptors (Lipinski definition) is 7. The molecule has 1 aromatic heterocycles. The zero-order valence-electron chi connectivity index (χ0n) is 16.7. The number of ether oxygens (including phenoxy) is 1. The quantitative estimate of drug-likeness (QED) is 0.439. The highest BCUT2D eigenvalue weighted by Crippen LogP contribution is 2.21. The Kier molecular flexibility index (Phi) is 6.71. The number of benzene rings is 1. The number of rotatable bonds is 8. The molecule has 0 fully saturated rings. The molecule has 10 heteroatoms. The zero-order chi connectivity index (χ0) is 22.4. The van der Waals surface area contributed by atoms with E-state index >= 15 is 0 Å². The molecule has 3 rings (SSSR count). The van der Waals surface area contributed by atoms with Crippen molar-refractivity contribution in [2.45, 2.75) is 12.5 Å². The maximum Gasteiger partial charge on any atom is 0.325 e. The first kappa shape index (κ1) is 21.6. The molecule has 2 N–H and O–H groups in total. The summed E-state index contributed by atoms with van der Waals surface area (Å²) >= 11 is 0. The van der Waals surface area contributed by atoms with Gasteiger partial charge in [0.05, 0.1) is 18.2 Å². The van der Waals surface area contributed by atoms with Crippen LogP contribution in [0, 0.1) is 0 Å². The second-order valence-corrected chi connectivity index (χ2v) is 6.72. The molecule has 1 aliphatic rings. The van der Waals surface area contributed by atoms with Crippen LogP contribution in [0.4, 0.5) is 0 Å². The summed E-state index contributed by atoms with van der Waals surface area (Å²) in [5.41, 5.74) is 1.12. The first-order chi connectivity index (χ1) is 14.9. The average Bonchev–Trinajstić information content (AvgIpc) is 3.02. The third kappa shape index (κ3) is 5.10. The van der Waals surface area contributed by atoms with Crippen molar-refractivity contribution in [2.75, 3.05) is 20.2 Å². The van der Waals surface area contributed by atoms with Gasteiger partial charge in [0, 0.05) is 18.8 Å². The maximum atomic E-state index is 12.6. The molecule has 0 radical (unpaired) electrons. The van der Waals surface area contributed by atoms with E-state index in [0.717, 1.165) is 4.90 Å². The second-order valence-electron chi connectivity index (χ2n) is 6.72. The Morgan fingerprint density at radius 1 is 1.06 bits per heavy atom. The predicted octanol–water partition coefficient (Wildman–Crippen LogP) is -0.306. The molecule has 0 aliphatic carbocycles. The van der Waals surface area contributed by atoms with Crippen molar-refractivity contribution in [1.82, 2.24) is 20.5 Å². The van der Waals surface area contributed by atoms with Crippen molar-refractivity contribution in [1.29, 1.82) is 0 Å². The molecule has 10 nitrogen and oxygen atoms in total. The van der Waals surface area contributed by atoms with Crippen molar-refractivity contribution in [3.05, 3.63) is 65.5 Å². The van der Waals surface area contributed by atoms with E-state index in [1.165, 1.54) is 25.4 Å². The lowest BCUT2D eigenvalue weighted by Gasteiger charge is -2.20. The number of fused-ring (bicyclic) bond motifs is 1. The van der Waals surface area contributed by atoms with Crippen LogP contribution in [0.2, 0.25) is 0 Å². The Balaban J connectivity index is 1.69. The summed E-state index contributed by atoms with van der Waals surface area (Å²) in [5, 5.41) is 4.91. The molecule has 4 amide bonds. The molecule has 0 spiro atoms. The zero-order valence-corrected chi connectivity index (χ0v) is 16.7. The van der Waals surface area contributed by atoms with Gasteiger partial charge in [-0.1, -0.05) is 18.2 Å². The highest BCUT2D eigenvalue weighted by Gasteiger charge is 2.36. The maximum absolute atomic E-state index is 12.6. The summed E-state index contributed by atoms with van der Waals surface area (Å²) in [4.78, 5) is 66.2. The predicted molar refractivity (Wildman–Crippen MR) is 107 cm³/mol. The molecule has 1 unspecified atom stereocenters. The van der Waals surface area contributed by atoms with Gasteiger partial charge in [-0.15, -0.1) is 0 Å². The molecular weight excluding hydrogens is 404 g/mol. The van der Waals surface area contributed by atoms with Gasteiger partial charge in [-0.3, -0.25) is 33.9 Å². The van der Waals surface area contributed by atoms with Gasteiger partial charge in [0.25, 0.3) is 11.8 Å². The fourth-order valence-corrected chi connectivity index (χ4v) is 3.08. The summed E-state index contributed by atoms with van der Waals surface area (Å²) in [7, 11) is 1.19. The van der Waals surface area contributed by atoms with Gasteiger partial charge in [0.1, 0.15) is 19.1 Å². The number of amides is 4. The molecule has 2 heterocycles. The van der Waals surface area contributed by atoms with E-state index in [2.05, 4.69) is 20.4 Å². The average molecular weight is 424 g/mol. The fourth-order valence-electron chi connectivity index (χ4n) is 3.08. The highest BCUT2D eigenvalue weighted by molar-refractivity contribution is 6.22. The van der Waals surface area contributed by atoms with Crippen LogP contribution in [0.1, 0.15) is 26.3 Å².